The normalized spacial score (nSPS) is 28.9. The van der Waals surface area contributed by atoms with Crippen LogP contribution in [0.1, 0.15) is 22.3 Å². The molecule has 3 aromatic rings. The van der Waals surface area contributed by atoms with Crippen molar-refractivity contribution in [1.82, 2.24) is 0 Å². The molecule has 7 rings (SSSR count). The molecule has 0 unspecified atom stereocenters. The SMILES string of the molecule is COc1ccc(OC)c(N2C(=O)[C@@H]3[C@H](C2=O)C2(Br)c4ccccc4C3(Br)c3ccccc32)c1. The van der Waals surface area contributed by atoms with Gasteiger partial charge in [0.25, 0.3) is 0 Å². The first-order valence-corrected chi connectivity index (χ1v) is 12.1. The zero-order valence-electron chi connectivity index (χ0n) is 17.8. The average Bonchev–Trinajstić information content (AvgIpc) is 3.13. The highest BCUT2D eigenvalue weighted by Gasteiger charge is 2.72. The molecule has 1 heterocycles. The summed E-state index contributed by atoms with van der Waals surface area (Å²) in [6.45, 7) is 0. The summed E-state index contributed by atoms with van der Waals surface area (Å²) in [6.07, 6.45) is 0. The van der Waals surface area contributed by atoms with Crippen LogP contribution < -0.4 is 14.4 Å². The van der Waals surface area contributed by atoms with Gasteiger partial charge in [-0.2, -0.15) is 0 Å². The molecule has 2 amide bonds. The molecule has 3 aromatic carbocycles. The van der Waals surface area contributed by atoms with Crippen molar-refractivity contribution in [3.8, 4) is 11.5 Å². The highest BCUT2D eigenvalue weighted by atomic mass is 79.9. The zero-order valence-corrected chi connectivity index (χ0v) is 21.0. The second kappa shape index (κ2) is 6.93. The Balaban J connectivity index is 1.64. The second-order valence-corrected chi connectivity index (χ2v) is 11.0. The van der Waals surface area contributed by atoms with Crippen molar-refractivity contribution in [1.29, 1.82) is 0 Å². The molecule has 0 radical (unpaired) electrons. The molecule has 7 heteroatoms. The van der Waals surface area contributed by atoms with Crippen LogP contribution in [0.3, 0.4) is 0 Å². The van der Waals surface area contributed by atoms with Gasteiger partial charge in [0.1, 0.15) is 11.5 Å². The summed E-state index contributed by atoms with van der Waals surface area (Å²) in [6, 6.07) is 21.2. The number of hydrogen-bond acceptors (Lipinski definition) is 4. The van der Waals surface area contributed by atoms with E-state index in [1.807, 2.05) is 48.5 Å². The van der Waals surface area contributed by atoms with Gasteiger partial charge in [-0.15, -0.1) is 0 Å². The van der Waals surface area contributed by atoms with Crippen LogP contribution >= 0.6 is 31.9 Å². The van der Waals surface area contributed by atoms with Crippen LogP contribution in [0.5, 0.6) is 11.5 Å². The summed E-state index contributed by atoms with van der Waals surface area (Å²) in [5.74, 6) is -0.818. The van der Waals surface area contributed by atoms with E-state index in [4.69, 9.17) is 9.47 Å². The van der Waals surface area contributed by atoms with Crippen LogP contribution in [-0.2, 0) is 18.2 Å². The average molecular weight is 569 g/mol. The van der Waals surface area contributed by atoms with E-state index in [0.29, 0.717) is 17.2 Å². The Morgan fingerprint density at radius 1 is 0.727 bits per heavy atom. The monoisotopic (exact) mass is 567 g/mol. The lowest BCUT2D eigenvalue weighted by Gasteiger charge is -2.55. The molecule has 2 atom stereocenters. The Labute approximate surface area is 207 Å². The number of anilines is 1. The zero-order chi connectivity index (χ0) is 23.1. The number of rotatable bonds is 3. The van der Waals surface area contributed by atoms with Crippen molar-refractivity contribution in [2.24, 2.45) is 11.8 Å². The van der Waals surface area contributed by atoms with Crippen LogP contribution in [-0.4, -0.2) is 26.0 Å². The van der Waals surface area contributed by atoms with Crippen molar-refractivity contribution < 1.29 is 19.1 Å². The van der Waals surface area contributed by atoms with Gasteiger partial charge in [-0.25, -0.2) is 4.90 Å². The Morgan fingerprint density at radius 2 is 1.18 bits per heavy atom. The first-order valence-electron chi connectivity index (χ1n) is 10.6. The van der Waals surface area contributed by atoms with Crippen LogP contribution in [0.2, 0.25) is 0 Å². The van der Waals surface area contributed by atoms with Crippen molar-refractivity contribution in [3.63, 3.8) is 0 Å². The van der Waals surface area contributed by atoms with Crippen molar-refractivity contribution >= 4 is 49.4 Å². The lowest BCUT2D eigenvalue weighted by Crippen LogP contribution is -2.56. The van der Waals surface area contributed by atoms with Crippen molar-refractivity contribution in [2.45, 2.75) is 8.65 Å². The summed E-state index contributed by atoms with van der Waals surface area (Å²) in [4.78, 5) is 29.5. The number of alkyl halides is 2. The fraction of sp³-hybridized carbons (Fsp3) is 0.231. The molecule has 0 saturated carbocycles. The fourth-order valence-electron chi connectivity index (χ4n) is 5.88. The minimum atomic E-state index is -0.825. The van der Waals surface area contributed by atoms with Crippen LogP contribution in [0, 0.1) is 11.8 Å². The third-order valence-corrected chi connectivity index (χ3v) is 9.91. The first-order chi connectivity index (χ1) is 15.9. The first kappa shape index (κ1) is 20.9. The van der Waals surface area contributed by atoms with E-state index in [0.717, 1.165) is 22.3 Å². The molecule has 1 fully saturated rings. The smallest absolute Gasteiger partial charge is 0.240 e. The molecule has 1 aliphatic heterocycles. The molecular weight excluding hydrogens is 550 g/mol. The highest BCUT2D eigenvalue weighted by molar-refractivity contribution is 9.10. The van der Waals surface area contributed by atoms with Crippen LogP contribution in [0.15, 0.2) is 66.7 Å². The summed E-state index contributed by atoms with van der Waals surface area (Å²) in [5.41, 5.74) is 4.40. The van der Waals surface area contributed by atoms with Gasteiger partial charge in [0, 0.05) is 6.07 Å². The topological polar surface area (TPSA) is 55.8 Å². The van der Waals surface area contributed by atoms with Gasteiger partial charge in [-0.05, 0) is 34.4 Å². The number of nitrogens with zero attached hydrogens (tertiary/aromatic N) is 1. The van der Waals surface area contributed by atoms with Crippen LogP contribution in [0.4, 0.5) is 5.69 Å². The molecule has 0 N–H and O–H groups in total. The molecule has 3 aliphatic carbocycles. The quantitative estimate of drug-likeness (QED) is 0.325. The summed E-state index contributed by atoms with van der Waals surface area (Å²) in [7, 11) is 3.07. The van der Waals surface area contributed by atoms with Crippen molar-refractivity contribution in [2.75, 3.05) is 19.1 Å². The summed E-state index contributed by atoms with van der Waals surface area (Å²) < 4.78 is 9.25. The van der Waals surface area contributed by atoms with E-state index < -0.39 is 20.5 Å². The maximum atomic E-state index is 14.1. The number of benzene rings is 3. The molecule has 0 aromatic heterocycles. The number of imide groups is 1. The number of amides is 2. The third kappa shape index (κ3) is 2.37. The summed E-state index contributed by atoms with van der Waals surface area (Å²) in [5, 5.41) is 0. The maximum Gasteiger partial charge on any atom is 0.240 e. The van der Waals surface area contributed by atoms with E-state index in [2.05, 4.69) is 31.9 Å². The van der Waals surface area contributed by atoms with E-state index in [-0.39, 0.29) is 11.8 Å². The molecule has 4 aliphatic rings. The lowest BCUT2D eigenvalue weighted by atomic mass is 9.54. The van der Waals surface area contributed by atoms with Gasteiger partial charge < -0.3 is 9.47 Å². The highest BCUT2D eigenvalue weighted by Crippen LogP contribution is 2.71. The Hall–Kier alpha value is -2.64. The maximum absolute atomic E-state index is 14.1. The van der Waals surface area contributed by atoms with Gasteiger partial charge in [0.2, 0.25) is 11.8 Å². The molecule has 5 nitrogen and oxygen atoms in total. The van der Waals surface area contributed by atoms with E-state index in [1.165, 1.54) is 12.0 Å². The Morgan fingerprint density at radius 3 is 1.58 bits per heavy atom. The minimum Gasteiger partial charge on any atom is -0.497 e. The molecule has 33 heavy (non-hydrogen) atoms. The van der Waals surface area contributed by atoms with Crippen LogP contribution in [0.25, 0.3) is 0 Å². The third-order valence-electron chi connectivity index (χ3n) is 7.21. The minimum absolute atomic E-state index is 0.263. The number of ether oxygens (including phenoxy) is 2. The number of carbonyl (C=O) groups is 2. The number of hydrogen-bond donors (Lipinski definition) is 0. The largest absolute Gasteiger partial charge is 0.497 e. The molecule has 0 spiro atoms. The predicted octanol–water partition coefficient (Wildman–Crippen LogP) is 5.11. The van der Waals surface area contributed by atoms with Gasteiger partial charge in [0.15, 0.2) is 0 Å². The lowest BCUT2D eigenvalue weighted by molar-refractivity contribution is -0.122. The number of halogens is 2. The standard InChI is InChI=1S/C26H19Br2NO4/c1-32-14-11-12-20(33-2)19(13-14)29-23(30)21-22(24(29)31)26(28)16-8-4-3-7-15(16)25(21,27)17-9-5-6-10-18(17)26/h3-13,21-22H,1-2H3/t21-,22+,25?,26?. The van der Waals surface area contributed by atoms with Gasteiger partial charge >= 0.3 is 0 Å². The molecule has 166 valence electrons. The number of methoxy groups -OCH3 is 2. The molecular formula is C26H19Br2NO4. The Bertz CT molecular complexity index is 1230. The van der Waals surface area contributed by atoms with Gasteiger partial charge in [-0.1, -0.05) is 80.4 Å². The fourth-order valence-corrected chi connectivity index (χ4v) is 8.18. The molecule has 1 saturated heterocycles. The second-order valence-electron chi connectivity index (χ2n) is 8.52. The number of carbonyl (C=O) groups excluding carboxylic acids is 2. The van der Waals surface area contributed by atoms with Gasteiger partial charge in [0.05, 0.1) is 40.4 Å². The Kier molecular flexibility index (Phi) is 4.40. The molecule has 2 bridgehead atoms. The van der Waals surface area contributed by atoms with Crippen molar-refractivity contribution in [3.05, 3.63) is 89.0 Å². The van der Waals surface area contributed by atoms with E-state index in [9.17, 15) is 9.59 Å². The van der Waals surface area contributed by atoms with E-state index >= 15 is 0 Å². The summed E-state index contributed by atoms with van der Waals surface area (Å²) >= 11 is 8.03. The van der Waals surface area contributed by atoms with E-state index in [1.54, 1.807) is 25.3 Å². The van der Waals surface area contributed by atoms with Gasteiger partial charge in [-0.3, -0.25) is 9.59 Å². The predicted molar refractivity (Wildman–Crippen MR) is 131 cm³/mol.